The van der Waals surface area contributed by atoms with Crippen LogP contribution in [0.1, 0.15) is 80.6 Å². The largest absolute Gasteiger partial charge is 0.478 e. The average Bonchev–Trinajstić information content (AvgIpc) is 3.79. The lowest BCUT2D eigenvalue weighted by molar-refractivity contribution is 0.0697. The van der Waals surface area contributed by atoms with Crippen LogP contribution in [0.25, 0.3) is 17.7 Å². The fourth-order valence-corrected chi connectivity index (χ4v) is 7.89. The third-order valence-electron chi connectivity index (χ3n) is 10.1. The van der Waals surface area contributed by atoms with Gasteiger partial charge in [0.25, 0.3) is 0 Å². The van der Waals surface area contributed by atoms with Crippen LogP contribution in [0.3, 0.4) is 0 Å². The van der Waals surface area contributed by atoms with Crippen molar-refractivity contribution in [3.8, 4) is 0 Å². The highest BCUT2D eigenvalue weighted by atomic mass is 16.4. The number of carbonyl (C=O) groups excluding carboxylic acids is 1. The second-order valence-electron chi connectivity index (χ2n) is 12.8. The van der Waals surface area contributed by atoms with Gasteiger partial charge in [0.15, 0.2) is 0 Å². The number of fused-ring (bicyclic) bond motifs is 4. The summed E-state index contributed by atoms with van der Waals surface area (Å²) in [6.07, 6.45) is 7.73. The van der Waals surface area contributed by atoms with Crippen molar-refractivity contribution in [3.63, 3.8) is 0 Å². The first kappa shape index (κ1) is 29.7. The smallest absolute Gasteiger partial charge is 0.335 e. The van der Waals surface area contributed by atoms with E-state index >= 15 is 0 Å². The fraction of sp³-hybridized carbons (Fsp3) is 0.163. The topological polar surface area (TPSA) is 60.9 Å². The summed E-state index contributed by atoms with van der Waals surface area (Å²) in [6.45, 7) is 2.63. The number of carbonyl (C=O) groups is 2. The standard InChI is InChI=1S/C43H36N2O3/c1-2-44-38-23-19-32(43(47)48)27-37(38)42(46)41(44)26-29-18-22-40-36(25-29)34-14-9-15-39(34)45(40)33-20-16-28(17-21-33)24-35(30-10-5-3-6-11-30)31-12-7-4-8-13-31/h3-8,10-13,16-27,34,39H,2,9,14-15H2,1H3,(H,47,48)/b41-26+. The molecular formula is C43H36N2O3. The van der Waals surface area contributed by atoms with E-state index in [0.29, 0.717) is 29.8 Å². The van der Waals surface area contributed by atoms with E-state index in [2.05, 4.69) is 114 Å². The van der Waals surface area contributed by atoms with E-state index in [1.165, 1.54) is 46.1 Å². The molecule has 0 aromatic heterocycles. The first-order valence-electron chi connectivity index (χ1n) is 16.8. The van der Waals surface area contributed by atoms with E-state index in [-0.39, 0.29) is 11.3 Å². The van der Waals surface area contributed by atoms with Crippen molar-refractivity contribution in [1.29, 1.82) is 0 Å². The molecule has 5 nitrogen and oxygen atoms in total. The van der Waals surface area contributed by atoms with Gasteiger partial charge < -0.3 is 14.9 Å². The SMILES string of the molecule is CCN1/C(=C/c2ccc3c(c2)C2CCCC2N3c2ccc(C=C(c3ccccc3)c3ccccc3)cc2)C(=O)c2cc(C(=O)O)ccc21. The van der Waals surface area contributed by atoms with Gasteiger partial charge in [-0.3, -0.25) is 4.79 Å². The van der Waals surface area contributed by atoms with Crippen LogP contribution >= 0.6 is 0 Å². The van der Waals surface area contributed by atoms with Crippen LogP contribution in [0.15, 0.2) is 127 Å². The monoisotopic (exact) mass is 628 g/mol. The van der Waals surface area contributed by atoms with Gasteiger partial charge in [-0.25, -0.2) is 4.79 Å². The molecule has 8 rings (SSSR count). The molecule has 2 unspecified atom stereocenters. The molecule has 3 aliphatic rings. The summed E-state index contributed by atoms with van der Waals surface area (Å²) in [7, 11) is 0. The zero-order chi connectivity index (χ0) is 32.8. The molecule has 0 bridgehead atoms. The molecule has 5 heteroatoms. The number of nitrogens with zero attached hydrogens (tertiary/aromatic N) is 2. The molecule has 2 aliphatic heterocycles. The van der Waals surface area contributed by atoms with Crippen LogP contribution in [0.5, 0.6) is 0 Å². The Morgan fingerprint density at radius 3 is 2.10 bits per heavy atom. The molecular weight excluding hydrogens is 592 g/mol. The number of carboxylic acids is 1. The van der Waals surface area contributed by atoms with Gasteiger partial charge in [0.2, 0.25) is 5.78 Å². The Bertz CT molecular complexity index is 2060. The molecule has 5 aromatic rings. The van der Waals surface area contributed by atoms with Crippen LogP contribution in [-0.2, 0) is 0 Å². The third-order valence-corrected chi connectivity index (χ3v) is 10.1. The maximum atomic E-state index is 13.5. The summed E-state index contributed by atoms with van der Waals surface area (Å²) >= 11 is 0. The Kier molecular flexibility index (Phi) is 7.53. The maximum absolute atomic E-state index is 13.5. The summed E-state index contributed by atoms with van der Waals surface area (Å²) < 4.78 is 0. The van der Waals surface area contributed by atoms with Crippen molar-refractivity contribution in [1.82, 2.24) is 0 Å². The molecule has 2 heterocycles. The van der Waals surface area contributed by atoms with Gasteiger partial charge in [-0.05, 0) is 108 Å². The van der Waals surface area contributed by atoms with Gasteiger partial charge in [-0.2, -0.15) is 0 Å². The van der Waals surface area contributed by atoms with Crippen LogP contribution < -0.4 is 9.80 Å². The lowest BCUT2D eigenvalue weighted by Crippen LogP contribution is -2.26. The number of anilines is 3. The minimum atomic E-state index is -1.03. The van der Waals surface area contributed by atoms with Gasteiger partial charge in [0.1, 0.15) is 0 Å². The lowest BCUT2D eigenvalue weighted by atomic mass is 9.95. The van der Waals surface area contributed by atoms with Gasteiger partial charge in [0.05, 0.1) is 16.9 Å². The van der Waals surface area contributed by atoms with E-state index in [1.807, 2.05) is 17.9 Å². The summed E-state index contributed by atoms with van der Waals surface area (Å²) in [5.41, 5.74) is 11.4. The van der Waals surface area contributed by atoms with E-state index < -0.39 is 5.97 Å². The zero-order valence-corrected chi connectivity index (χ0v) is 26.8. The first-order valence-corrected chi connectivity index (χ1v) is 16.8. The number of benzene rings is 5. The van der Waals surface area contributed by atoms with Crippen molar-refractivity contribution >= 4 is 46.5 Å². The highest BCUT2D eigenvalue weighted by molar-refractivity contribution is 6.21. The number of allylic oxidation sites excluding steroid dienone is 1. The third kappa shape index (κ3) is 5.12. The lowest BCUT2D eigenvalue weighted by Gasteiger charge is -2.27. The van der Waals surface area contributed by atoms with E-state index in [1.54, 1.807) is 12.1 Å². The van der Waals surface area contributed by atoms with Crippen LogP contribution in [-0.4, -0.2) is 29.4 Å². The minimum Gasteiger partial charge on any atom is -0.478 e. The maximum Gasteiger partial charge on any atom is 0.335 e. The first-order chi connectivity index (χ1) is 23.5. The molecule has 1 fully saturated rings. The zero-order valence-electron chi connectivity index (χ0n) is 26.8. The molecule has 1 saturated carbocycles. The van der Waals surface area contributed by atoms with Crippen molar-refractivity contribution in [2.45, 2.75) is 38.1 Å². The molecule has 0 amide bonds. The molecule has 0 saturated heterocycles. The number of ketones is 1. The molecule has 0 radical (unpaired) electrons. The number of aromatic carboxylic acids is 1. The predicted molar refractivity (Wildman–Crippen MR) is 194 cm³/mol. The Hall–Kier alpha value is -5.68. The number of carboxylic acid groups (broad SMARTS) is 1. The molecule has 2 atom stereocenters. The van der Waals surface area contributed by atoms with Crippen LogP contribution in [0.2, 0.25) is 0 Å². The number of likely N-dealkylation sites (N-methyl/N-ethyl adjacent to an activating group) is 1. The quantitative estimate of drug-likeness (QED) is 0.144. The highest BCUT2D eigenvalue weighted by Crippen LogP contribution is 2.52. The van der Waals surface area contributed by atoms with Gasteiger partial charge in [-0.1, -0.05) is 85.3 Å². The summed E-state index contributed by atoms with van der Waals surface area (Å²) in [4.78, 5) is 29.6. The molecule has 48 heavy (non-hydrogen) atoms. The van der Waals surface area contributed by atoms with Crippen molar-refractivity contribution in [2.24, 2.45) is 0 Å². The minimum absolute atomic E-state index is 0.126. The van der Waals surface area contributed by atoms with Crippen molar-refractivity contribution in [2.75, 3.05) is 16.3 Å². The van der Waals surface area contributed by atoms with Gasteiger partial charge in [0, 0.05) is 35.4 Å². The second-order valence-corrected chi connectivity index (χ2v) is 12.8. The Morgan fingerprint density at radius 1 is 0.771 bits per heavy atom. The summed E-state index contributed by atoms with van der Waals surface area (Å²) in [5.74, 6) is -0.721. The molecule has 0 spiro atoms. The van der Waals surface area contributed by atoms with Gasteiger partial charge >= 0.3 is 5.97 Å². The number of hydrogen-bond acceptors (Lipinski definition) is 4. The average molecular weight is 629 g/mol. The number of Topliss-reactive ketones (excluding diaryl/α,β-unsaturated/α-hetero) is 1. The Labute approximate surface area is 281 Å². The van der Waals surface area contributed by atoms with Crippen LogP contribution in [0.4, 0.5) is 17.1 Å². The molecule has 5 aromatic carbocycles. The summed E-state index contributed by atoms with van der Waals surface area (Å²) in [5, 5.41) is 9.48. The Morgan fingerprint density at radius 2 is 1.44 bits per heavy atom. The van der Waals surface area contributed by atoms with Gasteiger partial charge in [-0.15, -0.1) is 0 Å². The summed E-state index contributed by atoms with van der Waals surface area (Å²) in [6, 6.07) is 41.8. The van der Waals surface area contributed by atoms with E-state index in [4.69, 9.17) is 0 Å². The molecule has 1 aliphatic carbocycles. The van der Waals surface area contributed by atoms with Crippen LogP contribution in [0, 0.1) is 0 Å². The Balaban J connectivity index is 1.11. The van der Waals surface area contributed by atoms with Crippen molar-refractivity contribution < 1.29 is 14.7 Å². The molecule has 236 valence electrons. The van der Waals surface area contributed by atoms with E-state index in [9.17, 15) is 14.7 Å². The number of hydrogen-bond donors (Lipinski definition) is 1. The predicted octanol–water partition coefficient (Wildman–Crippen LogP) is 9.83. The number of rotatable bonds is 7. The molecule has 1 N–H and O–H groups in total. The fourth-order valence-electron chi connectivity index (χ4n) is 7.89. The van der Waals surface area contributed by atoms with E-state index in [0.717, 1.165) is 29.7 Å². The highest BCUT2D eigenvalue weighted by Gasteiger charge is 2.42. The normalized spacial score (nSPS) is 18.5. The van der Waals surface area contributed by atoms with Crippen molar-refractivity contribution in [3.05, 3.63) is 166 Å². The second kappa shape index (κ2) is 12.2.